The van der Waals surface area contributed by atoms with Gasteiger partial charge in [0.25, 0.3) is 0 Å². The van der Waals surface area contributed by atoms with Gasteiger partial charge < -0.3 is 15.2 Å². The monoisotopic (exact) mass is 272 g/mol. The average molecular weight is 272 g/mol. The molecular formula is C17H22NO2-. The lowest BCUT2D eigenvalue weighted by Crippen LogP contribution is -2.49. The van der Waals surface area contributed by atoms with Crippen molar-refractivity contribution in [3.63, 3.8) is 0 Å². The van der Waals surface area contributed by atoms with Gasteiger partial charge in [0.2, 0.25) is 0 Å². The Balaban J connectivity index is 2.11. The first-order chi connectivity index (χ1) is 9.41. The van der Waals surface area contributed by atoms with Gasteiger partial charge in [-0.25, -0.2) is 0 Å². The third-order valence-corrected chi connectivity index (χ3v) is 5.35. The van der Waals surface area contributed by atoms with E-state index in [1.54, 1.807) is 6.07 Å². The molecule has 1 N–H and O–H groups in total. The topological polar surface area (TPSA) is 52.2 Å². The second-order valence-electron chi connectivity index (χ2n) is 7.01. The van der Waals surface area contributed by atoms with Crippen LogP contribution >= 0.6 is 0 Å². The minimum absolute atomic E-state index is 0.0108. The van der Waals surface area contributed by atoms with Crippen LogP contribution in [0.4, 0.5) is 5.69 Å². The lowest BCUT2D eigenvalue weighted by atomic mass is 9.61. The first-order valence-corrected chi connectivity index (χ1v) is 7.52. The number of rotatable bonds is 1. The van der Waals surface area contributed by atoms with Crippen molar-refractivity contribution in [2.45, 2.75) is 51.5 Å². The Morgan fingerprint density at radius 3 is 2.80 bits per heavy atom. The van der Waals surface area contributed by atoms with E-state index in [1.165, 1.54) is 12.8 Å². The van der Waals surface area contributed by atoms with Crippen LogP contribution in [0, 0.1) is 11.8 Å². The number of para-hydroxylation sites is 1. The molecule has 0 saturated heterocycles. The van der Waals surface area contributed by atoms with Gasteiger partial charge in [0.15, 0.2) is 0 Å². The summed E-state index contributed by atoms with van der Waals surface area (Å²) < 4.78 is 0. The van der Waals surface area contributed by atoms with Gasteiger partial charge in [-0.2, -0.15) is 0 Å². The molecule has 0 aromatic heterocycles. The summed E-state index contributed by atoms with van der Waals surface area (Å²) in [7, 11) is 0. The van der Waals surface area contributed by atoms with Crippen LogP contribution in [0.25, 0.3) is 0 Å². The van der Waals surface area contributed by atoms with E-state index >= 15 is 0 Å². The fraction of sp³-hybridized carbons (Fsp3) is 0.588. The molecule has 1 saturated carbocycles. The Kier molecular flexibility index (Phi) is 3.03. The molecule has 108 valence electrons. The van der Waals surface area contributed by atoms with Crippen molar-refractivity contribution < 1.29 is 9.90 Å². The van der Waals surface area contributed by atoms with Crippen molar-refractivity contribution in [1.29, 1.82) is 0 Å². The van der Waals surface area contributed by atoms with Crippen LogP contribution in [-0.2, 0) is 5.41 Å². The Labute approximate surface area is 120 Å². The van der Waals surface area contributed by atoms with Crippen LogP contribution in [0.15, 0.2) is 18.2 Å². The summed E-state index contributed by atoms with van der Waals surface area (Å²) in [5, 5.41) is 14.9. The zero-order chi connectivity index (χ0) is 14.5. The first-order valence-electron chi connectivity index (χ1n) is 7.52. The van der Waals surface area contributed by atoms with E-state index in [0.29, 0.717) is 23.4 Å². The zero-order valence-corrected chi connectivity index (χ0v) is 12.4. The SMILES string of the molecule is C[C@@H]1CC[C@H]2[C@@H](C1)Nc1c(C(=O)[O-])cccc1C2(C)C. The fourth-order valence-electron chi connectivity index (χ4n) is 4.20. The summed E-state index contributed by atoms with van der Waals surface area (Å²) in [5.41, 5.74) is 2.21. The van der Waals surface area contributed by atoms with Gasteiger partial charge >= 0.3 is 0 Å². The molecule has 1 fully saturated rings. The maximum Gasteiger partial charge on any atom is 0.0736 e. The van der Waals surface area contributed by atoms with Crippen molar-refractivity contribution in [2.75, 3.05) is 5.32 Å². The third kappa shape index (κ3) is 1.91. The Hall–Kier alpha value is -1.51. The summed E-state index contributed by atoms with van der Waals surface area (Å²) >= 11 is 0. The number of hydrogen-bond acceptors (Lipinski definition) is 3. The van der Waals surface area contributed by atoms with Crippen molar-refractivity contribution in [3.8, 4) is 0 Å². The second kappa shape index (κ2) is 4.51. The van der Waals surface area contributed by atoms with Gasteiger partial charge in [-0.15, -0.1) is 0 Å². The lowest BCUT2D eigenvalue weighted by Gasteiger charge is -2.50. The minimum atomic E-state index is -1.09. The van der Waals surface area contributed by atoms with Crippen molar-refractivity contribution in [2.24, 2.45) is 11.8 Å². The molecule has 3 rings (SSSR count). The van der Waals surface area contributed by atoms with Crippen LogP contribution < -0.4 is 10.4 Å². The molecule has 1 aromatic carbocycles. The van der Waals surface area contributed by atoms with Crippen molar-refractivity contribution in [3.05, 3.63) is 29.3 Å². The Morgan fingerprint density at radius 1 is 1.35 bits per heavy atom. The Morgan fingerprint density at radius 2 is 2.10 bits per heavy atom. The van der Waals surface area contributed by atoms with Gasteiger partial charge in [0.1, 0.15) is 0 Å². The molecule has 0 radical (unpaired) electrons. The van der Waals surface area contributed by atoms with E-state index in [9.17, 15) is 9.90 Å². The number of carboxylic acids is 1. The molecule has 0 unspecified atom stereocenters. The molecule has 1 aliphatic heterocycles. The van der Waals surface area contributed by atoms with Crippen LogP contribution in [0.3, 0.4) is 0 Å². The Bertz CT molecular complexity index is 550. The predicted molar refractivity (Wildman–Crippen MR) is 77.7 cm³/mol. The molecule has 0 spiro atoms. The highest BCUT2D eigenvalue weighted by molar-refractivity contribution is 5.94. The second-order valence-corrected chi connectivity index (χ2v) is 7.01. The number of fused-ring (bicyclic) bond motifs is 2. The van der Waals surface area contributed by atoms with E-state index in [0.717, 1.165) is 17.7 Å². The largest absolute Gasteiger partial charge is 0.545 e. The van der Waals surface area contributed by atoms with E-state index < -0.39 is 5.97 Å². The lowest BCUT2D eigenvalue weighted by molar-refractivity contribution is -0.254. The van der Waals surface area contributed by atoms with Gasteiger partial charge in [0, 0.05) is 17.3 Å². The summed E-state index contributed by atoms with van der Waals surface area (Å²) in [6.45, 7) is 6.78. The van der Waals surface area contributed by atoms with E-state index in [-0.39, 0.29) is 5.41 Å². The van der Waals surface area contributed by atoms with Crippen LogP contribution in [0.1, 0.15) is 56.0 Å². The quantitative estimate of drug-likeness (QED) is 0.855. The van der Waals surface area contributed by atoms with Gasteiger partial charge in [-0.1, -0.05) is 45.4 Å². The normalized spacial score (nSPS) is 30.9. The minimum Gasteiger partial charge on any atom is -0.545 e. The highest BCUT2D eigenvalue weighted by atomic mass is 16.4. The summed E-state index contributed by atoms with van der Waals surface area (Å²) in [6.07, 6.45) is 3.59. The van der Waals surface area contributed by atoms with E-state index in [4.69, 9.17) is 0 Å². The van der Waals surface area contributed by atoms with Crippen LogP contribution in [0.2, 0.25) is 0 Å². The molecule has 0 bridgehead atoms. The molecule has 1 heterocycles. The first kappa shape index (κ1) is 13.5. The molecule has 20 heavy (non-hydrogen) atoms. The number of benzene rings is 1. The highest BCUT2D eigenvalue weighted by Gasteiger charge is 2.44. The summed E-state index contributed by atoms with van der Waals surface area (Å²) in [5.74, 6) is 0.187. The maximum absolute atomic E-state index is 11.4. The van der Waals surface area contributed by atoms with Crippen LogP contribution in [-0.4, -0.2) is 12.0 Å². The summed E-state index contributed by atoms with van der Waals surface area (Å²) in [4.78, 5) is 11.4. The van der Waals surface area contributed by atoms with E-state index in [2.05, 4.69) is 32.2 Å². The van der Waals surface area contributed by atoms with E-state index in [1.807, 2.05) is 6.07 Å². The smallest absolute Gasteiger partial charge is 0.0736 e. The number of carbonyl (C=O) groups excluding carboxylic acids is 1. The third-order valence-electron chi connectivity index (χ3n) is 5.35. The van der Waals surface area contributed by atoms with Crippen LogP contribution in [0.5, 0.6) is 0 Å². The standard InChI is InChI=1S/C17H23NO2/c1-10-7-8-12-14(9-10)18-15-11(16(19)20)5-4-6-13(15)17(12,2)3/h4-6,10,12,14,18H,7-9H2,1-3H3,(H,19,20)/p-1/t10-,12+,14-/m1/s1. The average Bonchev–Trinajstić information content (AvgIpc) is 2.37. The zero-order valence-electron chi connectivity index (χ0n) is 12.4. The highest BCUT2D eigenvalue weighted by Crippen LogP contribution is 2.49. The molecule has 2 aliphatic rings. The van der Waals surface area contributed by atoms with Gasteiger partial charge in [-0.05, 0) is 35.7 Å². The molecule has 3 nitrogen and oxygen atoms in total. The predicted octanol–water partition coefficient (Wildman–Crippen LogP) is 2.56. The fourth-order valence-corrected chi connectivity index (χ4v) is 4.20. The van der Waals surface area contributed by atoms with Crippen molar-refractivity contribution in [1.82, 2.24) is 0 Å². The number of anilines is 1. The number of aromatic carboxylic acids is 1. The van der Waals surface area contributed by atoms with Crippen molar-refractivity contribution >= 4 is 11.7 Å². The molecule has 1 aliphatic carbocycles. The van der Waals surface area contributed by atoms with Gasteiger partial charge in [-0.3, -0.25) is 0 Å². The number of hydrogen-bond donors (Lipinski definition) is 1. The molecule has 0 amide bonds. The maximum atomic E-state index is 11.4. The molecule has 3 heteroatoms. The summed E-state index contributed by atoms with van der Waals surface area (Å²) in [6, 6.07) is 5.91. The van der Waals surface area contributed by atoms with Gasteiger partial charge in [0.05, 0.1) is 5.97 Å². The molecule has 1 aromatic rings. The molecule has 3 atom stereocenters. The number of carboxylic acid groups (broad SMARTS) is 1. The number of carbonyl (C=O) groups is 1. The molecular weight excluding hydrogens is 250 g/mol. The number of nitrogens with one attached hydrogen (secondary N) is 1.